The molecule has 2 aromatic rings. The summed E-state index contributed by atoms with van der Waals surface area (Å²) in [5, 5.41) is 22.2. The number of halogens is 1. The Morgan fingerprint density at radius 1 is 1.11 bits per heavy atom. The number of amides is 4. The van der Waals surface area contributed by atoms with Gasteiger partial charge in [-0.25, -0.2) is 14.4 Å². The quantitative estimate of drug-likeness (QED) is 0.291. The van der Waals surface area contributed by atoms with Crippen molar-refractivity contribution in [3.8, 4) is 5.75 Å². The molecule has 0 saturated carbocycles. The average molecular weight is 681 g/mol. The molecule has 3 heterocycles. The third kappa shape index (κ3) is 7.94. The van der Waals surface area contributed by atoms with Crippen LogP contribution in [0.25, 0.3) is 0 Å². The van der Waals surface area contributed by atoms with Crippen LogP contribution < -0.4 is 5.32 Å². The van der Waals surface area contributed by atoms with E-state index in [-0.39, 0.29) is 24.2 Å². The van der Waals surface area contributed by atoms with E-state index >= 15 is 0 Å². The molecular weight excluding hydrogens is 646 g/mol. The van der Waals surface area contributed by atoms with Gasteiger partial charge in [0.25, 0.3) is 5.91 Å². The number of aliphatic carboxylic acids is 1. The van der Waals surface area contributed by atoms with Crippen molar-refractivity contribution in [3.63, 3.8) is 0 Å². The van der Waals surface area contributed by atoms with Gasteiger partial charge in [0.15, 0.2) is 6.10 Å². The predicted octanol–water partition coefficient (Wildman–Crippen LogP) is 4.17. The molecule has 0 spiro atoms. The Labute approximate surface area is 268 Å². The van der Waals surface area contributed by atoms with Crippen molar-refractivity contribution in [2.45, 2.75) is 56.7 Å². The number of likely N-dealkylation sites (tertiary alicyclic amines) is 2. The number of carboxylic acids is 1. The highest BCUT2D eigenvalue weighted by Crippen LogP contribution is 2.27. The maximum Gasteiger partial charge on any atom is 0.410 e. The maximum atomic E-state index is 13.2. The largest absolute Gasteiger partial charge is 0.507 e. The van der Waals surface area contributed by atoms with Crippen LogP contribution in [-0.4, -0.2) is 99.2 Å². The molecule has 2 atom stereocenters. The standard InChI is InChI=1S/C32H34BrN5O7/c33-24-19-21(8-9-27(24)39)20-28(29(40)34-13-4-15-36-14-3-7-26(36)30(41)42)45-32(44)37-16-11-23(12-17-37)38-18-10-22-5-1-2-6-25(22)35-31(38)43/h1-2,5-6,8-9,15,19,23,26,28,39H,3,7,10-12,14,16-18,20H2,(H,35,43)(H,41,42)/t26-,28+/m0/s1. The number of hydrogen-bond donors (Lipinski definition) is 3. The molecule has 3 N–H and O–H groups in total. The van der Waals surface area contributed by atoms with Crippen molar-refractivity contribution in [3.05, 3.63) is 70.0 Å². The van der Waals surface area contributed by atoms with Gasteiger partial charge < -0.3 is 35.0 Å². The van der Waals surface area contributed by atoms with Crippen LogP contribution in [-0.2, 0) is 27.2 Å². The zero-order chi connectivity index (χ0) is 31.9. The van der Waals surface area contributed by atoms with Gasteiger partial charge in [-0.15, -0.1) is 0 Å². The number of piperidine rings is 1. The van der Waals surface area contributed by atoms with Crippen molar-refractivity contribution in [1.29, 1.82) is 0 Å². The minimum Gasteiger partial charge on any atom is -0.507 e. The molecule has 2 saturated heterocycles. The number of rotatable bonds is 7. The topological polar surface area (TPSA) is 152 Å². The SMILES string of the molecule is O=C(N=C=C=CN1CCC[C@H]1C(=O)O)[C@@H](Cc1ccc(O)c(Br)c1)OC(=O)N1CCC(N2CCc3ccccc3NC2=O)CC1. The smallest absolute Gasteiger partial charge is 0.410 e. The third-order valence-corrected chi connectivity index (χ3v) is 8.93. The van der Waals surface area contributed by atoms with Crippen molar-refractivity contribution < 1.29 is 34.1 Å². The van der Waals surface area contributed by atoms with Gasteiger partial charge in [-0.1, -0.05) is 24.3 Å². The molecule has 45 heavy (non-hydrogen) atoms. The predicted molar refractivity (Wildman–Crippen MR) is 168 cm³/mol. The number of carbonyl (C=O) groups excluding carboxylic acids is 3. The lowest BCUT2D eigenvalue weighted by molar-refractivity contribution is -0.141. The zero-order valence-electron chi connectivity index (χ0n) is 24.5. The van der Waals surface area contributed by atoms with E-state index in [1.807, 2.05) is 29.2 Å². The summed E-state index contributed by atoms with van der Waals surface area (Å²) >= 11 is 3.26. The number of nitrogens with zero attached hydrogens (tertiary/aromatic N) is 4. The summed E-state index contributed by atoms with van der Waals surface area (Å²) in [5.74, 6) is 0.732. The minimum absolute atomic E-state index is 0.00344. The van der Waals surface area contributed by atoms with Crippen LogP contribution in [0.2, 0.25) is 0 Å². The molecule has 236 valence electrons. The van der Waals surface area contributed by atoms with E-state index in [9.17, 15) is 29.4 Å². The molecule has 12 nitrogen and oxygen atoms in total. The van der Waals surface area contributed by atoms with Crippen LogP contribution in [0.3, 0.4) is 0 Å². The molecular formula is C32H34BrN5O7. The highest BCUT2D eigenvalue weighted by molar-refractivity contribution is 9.10. The number of phenolic OH excluding ortho intramolecular Hbond substituents is 1. The normalized spacial score (nSPS) is 18.9. The van der Waals surface area contributed by atoms with Crippen molar-refractivity contribution in [2.24, 2.45) is 4.99 Å². The summed E-state index contributed by atoms with van der Waals surface area (Å²) in [6.07, 6.45) is 2.54. The minimum atomic E-state index is -1.28. The molecule has 13 heteroatoms. The molecule has 0 radical (unpaired) electrons. The van der Waals surface area contributed by atoms with E-state index in [2.05, 4.69) is 37.8 Å². The van der Waals surface area contributed by atoms with Gasteiger partial charge in [0.2, 0.25) is 0 Å². The van der Waals surface area contributed by atoms with Crippen LogP contribution in [0, 0.1) is 0 Å². The number of para-hydroxylation sites is 1. The molecule has 0 aromatic heterocycles. The van der Waals surface area contributed by atoms with Gasteiger partial charge in [0.1, 0.15) is 11.8 Å². The zero-order valence-corrected chi connectivity index (χ0v) is 26.1. The van der Waals surface area contributed by atoms with Gasteiger partial charge in [0, 0.05) is 50.2 Å². The Balaban J connectivity index is 1.23. The monoisotopic (exact) mass is 679 g/mol. The Hall–Kier alpha value is -4.57. The number of carbonyl (C=O) groups is 4. The van der Waals surface area contributed by atoms with E-state index in [0.29, 0.717) is 55.5 Å². The number of ether oxygens (including phenoxy) is 1. The number of anilines is 1. The van der Waals surface area contributed by atoms with Crippen LogP contribution in [0.1, 0.15) is 36.8 Å². The van der Waals surface area contributed by atoms with E-state index < -0.39 is 30.1 Å². The summed E-state index contributed by atoms with van der Waals surface area (Å²) in [6, 6.07) is 11.6. The second-order valence-electron chi connectivity index (χ2n) is 11.2. The number of aliphatic imine (C=N–C) groups is 1. The number of fused-ring (bicyclic) bond motifs is 1. The second-order valence-corrected chi connectivity index (χ2v) is 12.0. The second kappa shape index (κ2) is 14.5. The van der Waals surface area contributed by atoms with Crippen LogP contribution >= 0.6 is 15.9 Å². The summed E-state index contributed by atoms with van der Waals surface area (Å²) in [7, 11) is 0. The number of hydrogen-bond acceptors (Lipinski definition) is 7. The molecule has 0 bridgehead atoms. The van der Waals surface area contributed by atoms with Gasteiger partial charge in [0.05, 0.1) is 10.7 Å². The van der Waals surface area contributed by atoms with E-state index in [1.165, 1.54) is 17.2 Å². The first-order valence-corrected chi connectivity index (χ1v) is 15.6. The summed E-state index contributed by atoms with van der Waals surface area (Å²) in [4.78, 5) is 59.4. The fourth-order valence-electron chi connectivity index (χ4n) is 5.85. The first-order valence-electron chi connectivity index (χ1n) is 14.8. The van der Waals surface area contributed by atoms with Crippen molar-refractivity contribution in [2.75, 3.05) is 31.5 Å². The van der Waals surface area contributed by atoms with Crippen LogP contribution in [0.5, 0.6) is 5.75 Å². The highest BCUT2D eigenvalue weighted by atomic mass is 79.9. The Morgan fingerprint density at radius 2 is 1.89 bits per heavy atom. The number of nitrogens with one attached hydrogen (secondary N) is 1. The molecule has 2 fully saturated rings. The van der Waals surface area contributed by atoms with Crippen molar-refractivity contribution in [1.82, 2.24) is 14.7 Å². The Morgan fingerprint density at radius 3 is 2.64 bits per heavy atom. The molecule has 3 aliphatic heterocycles. The fourth-order valence-corrected chi connectivity index (χ4v) is 6.27. The summed E-state index contributed by atoms with van der Waals surface area (Å²) < 4.78 is 6.10. The highest BCUT2D eigenvalue weighted by Gasteiger charge is 2.33. The summed E-state index contributed by atoms with van der Waals surface area (Å²) in [5.41, 5.74) is 5.13. The number of benzene rings is 2. The molecule has 5 rings (SSSR count). The molecule has 0 aliphatic carbocycles. The van der Waals surface area contributed by atoms with Gasteiger partial charge in [-0.3, -0.25) is 4.79 Å². The maximum absolute atomic E-state index is 13.2. The molecule has 3 aliphatic rings. The molecule has 2 aromatic carbocycles. The lowest BCUT2D eigenvalue weighted by Crippen LogP contribution is -2.50. The first-order chi connectivity index (χ1) is 21.7. The third-order valence-electron chi connectivity index (χ3n) is 8.30. The van der Waals surface area contributed by atoms with Gasteiger partial charge >= 0.3 is 18.1 Å². The van der Waals surface area contributed by atoms with Gasteiger partial charge in [-0.2, -0.15) is 4.99 Å². The van der Waals surface area contributed by atoms with Gasteiger partial charge in [-0.05, 0) is 83.1 Å². The van der Waals surface area contributed by atoms with E-state index in [0.717, 1.165) is 24.1 Å². The number of aromatic hydroxyl groups is 1. The van der Waals surface area contributed by atoms with Crippen molar-refractivity contribution >= 4 is 51.5 Å². The Kier molecular flexibility index (Phi) is 10.2. The average Bonchev–Trinajstić information content (AvgIpc) is 3.44. The summed E-state index contributed by atoms with van der Waals surface area (Å²) in [6.45, 7) is 1.81. The number of phenols is 1. The lowest BCUT2D eigenvalue weighted by Gasteiger charge is -2.37. The number of urea groups is 1. The fraction of sp³-hybridized carbons (Fsp3) is 0.406. The van der Waals surface area contributed by atoms with Crippen LogP contribution in [0.4, 0.5) is 15.3 Å². The first kappa shape index (κ1) is 31.8. The molecule has 4 amide bonds. The van der Waals surface area contributed by atoms with Crippen LogP contribution in [0.15, 0.2) is 63.9 Å². The number of carboxylic acid groups (broad SMARTS) is 1. The lowest BCUT2D eigenvalue weighted by atomic mass is 10.0. The van der Waals surface area contributed by atoms with E-state index in [4.69, 9.17) is 4.74 Å². The Bertz CT molecular complexity index is 1560. The van der Waals surface area contributed by atoms with E-state index in [1.54, 1.807) is 17.0 Å². The molecule has 0 unspecified atom stereocenters.